The summed E-state index contributed by atoms with van der Waals surface area (Å²) in [5.41, 5.74) is 5.79. The molecule has 0 amide bonds. The highest BCUT2D eigenvalue weighted by Gasteiger charge is 2.23. The van der Waals surface area contributed by atoms with Crippen LogP contribution in [0.4, 0.5) is 5.95 Å². The van der Waals surface area contributed by atoms with Gasteiger partial charge in [0.05, 0.1) is 5.69 Å². The summed E-state index contributed by atoms with van der Waals surface area (Å²) < 4.78 is 4.10. The maximum Gasteiger partial charge on any atom is 0.225 e. The van der Waals surface area contributed by atoms with Crippen molar-refractivity contribution in [1.29, 1.82) is 0 Å². The van der Waals surface area contributed by atoms with E-state index < -0.39 is 0 Å². The molecule has 1 saturated heterocycles. The van der Waals surface area contributed by atoms with Crippen LogP contribution in [0.25, 0.3) is 27.7 Å². The summed E-state index contributed by atoms with van der Waals surface area (Å²) in [5.74, 6) is 0.851. The zero-order valence-corrected chi connectivity index (χ0v) is 19.1. The van der Waals surface area contributed by atoms with Crippen LogP contribution >= 0.6 is 0 Å². The average Bonchev–Trinajstić information content (AvgIpc) is 3.59. The van der Waals surface area contributed by atoms with E-state index in [2.05, 4.69) is 84.5 Å². The first-order chi connectivity index (χ1) is 16.8. The molecule has 0 N–H and O–H groups in total. The van der Waals surface area contributed by atoms with Gasteiger partial charge in [-0.25, -0.2) is 14.6 Å². The van der Waals surface area contributed by atoms with Gasteiger partial charge in [0.2, 0.25) is 5.95 Å². The van der Waals surface area contributed by atoms with E-state index in [-0.39, 0.29) is 0 Å². The van der Waals surface area contributed by atoms with Crippen LogP contribution in [-0.4, -0.2) is 47.8 Å². The van der Waals surface area contributed by atoms with E-state index in [1.54, 1.807) is 11.0 Å². The lowest BCUT2D eigenvalue weighted by Gasteiger charge is -2.33. The Morgan fingerprint density at radius 2 is 1.68 bits per heavy atom. The van der Waals surface area contributed by atoms with Gasteiger partial charge in [0.25, 0.3) is 0 Å². The lowest BCUT2D eigenvalue weighted by atomic mass is 10.0. The lowest BCUT2D eigenvalue weighted by molar-refractivity contribution is 0.402. The summed E-state index contributed by atoms with van der Waals surface area (Å²) in [6.07, 6.45) is 10.9. The van der Waals surface area contributed by atoms with Crippen LogP contribution < -0.4 is 4.90 Å². The highest BCUT2D eigenvalue weighted by Crippen LogP contribution is 2.31. The van der Waals surface area contributed by atoms with E-state index in [0.29, 0.717) is 6.04 Å². The molecule has 1 aliphatic heterocycles. The molecule has 1 aliphatic rings. The Bertz CT molecular complexity index is 1380. The highest BCUT2D eigenvalue weighted by atomic mass is 15.5. The molecule has 6 rings (SSSR count). The Morgan fingerprint density at radius 3 is 2.38 bits per heavy atom. The smallest absolute Gasteiger partial charge is 0.225 e. The molecule has 1 fully saturated rings. The number of aryl methyl sites for hydroxylation is 1. The van der Waals surface area contributed by atoms with Crippen LogP contribution in [0, 0.1) is 0 Å². The largest absolute Gasteiger partial charge is 0.344 e. The second-order valence-electron chi connectivity index (χ2n) is 8.76. The standard InChI is InChI=1S/C26H26N8/c1-2-19-16-27-26(28-17-19)32-12-10-23(11-13-32)33-14-9-22-15-21(5-8-25(22)33)20-3-6-24(7-4-20)34-18-29-30-31-34/h3-9,14-18,23H,2,10-13H2,1H3. The molecule has 0 bridgehead atoms. The average molecular weight is 451 g/mol. The summed E-state index contributed by atoms with van der Waals surface area (Å²) in [7, 11) is 0. The molecule has 3 aromatic heterocycles. The van der Waals surface area contributed by atoms with Gasteiger partial charge < -0.3 is 9.47 Å². The fraction of sp³-hybridized carbons (Fsp3) is 0.269. The molecule has 34 heavy (non-hydrogen) atoms. The molecule has 0 atom stereocenters. The van der Waals surface area contributed by atoms with Crippen LogP contribution in [0.5, 0.6) is 0 Å². The maximum atomic E-state index is 4.57. The predicted molar refractivity (Wildman–Crippen MR) is 132 cm³/mol. The molecule has 0 saturated carbocycles. The number of tetrazole rings is 1. The van der Waals surface area contributed by atoms with Crippen molar-refractivity contribution in [2.45, 2.75) is 32.2 Å². The Balaban J connectivity index is 1.18. The van der Waals surface area contributed by atoms with E-state index >= 15 is 0 Å². The minimum atomic E-state index is 0.491. The van der Waals surface area contributed by atoms with Gasteiger partial charge in [0.15, 0.2) is 0 Å². The van der Waals surface area contributed by atoms with E-state index in [0.717, 1.165) is 44.0 Å². The van der Waals surface area contributed by atoms with Gasteiger partial charge in [-0.15, -0.1) is 5.10 Å². The van der Waals surface area contributed by atoms with Crippen LogP contribution in [0.1, 0.15) is 31.4 Å². The first kappa shape index (κ1) is 20.5. The van der Waals surface area contributed by atoms with E-state index in [4.69, 9.17) is 0 Å². The fourth-order valence-electron chi connectivity index (χ4n) is 4.79. The van der Waals surface area contributed by atoms with Crippen molar-refractivity contribution in [3.63, 3.8) is 0 Å². The van der Waals surface area contributed by atoms with Gasteiger partial charge in [-0.3, -0.25) is 0 Å². The minimum absolute atomic E-state index is 0.491. The SMILES string of the molecule is CCc1cnc(N2CCC(n3ccc4cc(-c5ccc(-n6cnnn6)cc5)ccc43)CC2)nc1. The number of fused-ring (bicyclic) bond motifs is 1. The zero-order valence-electron chi connectivity index (χ0n) is 19.1. The van der Waals surface area contributed by atoms with Crippen molar-refractivity contribution in [3.05, 3.63) is 79.0 Å². The Kier molecular flexibility index (Phi) is 5.25. The molecule has 0 radical (unpaired) electrons. The van der Waals surface area contributed by atoms with Gasteiger partial charge in [-0.1, -0.05) is 25.1 Å². The van der Waals surface area contributed by atoms with Crippen LogP contribution in [0.3, 0.4) is 0 Å². The van der Waals surface area contributed by atoms with E-state index in [1.807, 2.05) is 24.5 Å². The third-order valence-corrected chi connectivity index (χ3v) is 6.78. The fourth-order valence-corrected chi connectivity index (χ4v) is 4.79. The van der Waals surface area contributed by atoms with Crippen molar-refractivity contribution in [1.82, 2.24) is 34.7 Å². The Labute approximate surface area is 197 Å². The molecule has 5 aromatic rings. The van der Waals surface area contributed by atoms with Crippen molar-refractivity contribution >= 4 is 16.9 Å². The third kappa shape index (κ3) is 3.81. The number of rotatable bonds is 5. The molecule has 0 spiro atoms. The van der Waals surface area contributed by atoms with Gasteiger partial charge in [-0.05, 0) is 76.7 Å². The Hall–Kier alpha value is -4.07. The first-order valence-electron chi connectivity index (χ1n) is 11.8. The number of benzene rings is 2. The molecule has 8 nitrogen and oxygen atoms in total. The maximum absolute atomic E-state index is 4.57. The molecule has 0 aliphatic carbocycles. The van der Waals surface area contributed by atoms with Gasteiger partial charge in [0.1, 0.15) is 6.33 Å². The van der Waals surface area contributed by atoms with E-state index in [9.17, 15) is 0 Å². The lowest BCUT2D eigenvalue weighted by Crippen LogP contribution is -2.35. The number of anilines is 1. The summed E-state index contributed by atoms with van der Waals surface area (Å²) in [6, 6.07) is 17.7. The van der Waals surface area contributed by atoms with Crippen LogP contribution in [0.2, 0.25) is 0 Å². The second kappa shape index (κ2) is 8.70. The molecule has 4 heterocycles. The van der Waals surface area contributed by atoms with Crippen molar-refractivity contribution < 1.29 is 0 Å². The topological polar surface area (TPSA) is 77.5 Å². The number of nitrogens with zero attached hydrogens (tertiary/aromatic N) is 8. The number of hydrogen-bond acceptors (Lipinski definition) is 6. The predicted octanol–water partition coefficient (Wildman–Crippen LogP) is 4.48. The Morgan fingerprint density at radius 1 is 0.912 bits per heavy atom. The summed E-state index contributed by atoms with van der Waals surface area (Å²) >= 11 is 0. The summed E-state index contributed by atoms with van der Waals surface area (Å²) in [6.45, 7) is 4.08. The second-order valence-corrected chi connectivity index (χ2v) is 8.76. The van der Waals surface area contributed by atoms with Crippen LogP contribution in [0.15, 0.2) is 73.4 Å². The summed E-state index contributed by atoms with van der Waals surface area (Å²) in [5, 5.41) is 12.6. The zero-order chi connectivity index (χ0) is 22.9. The quantitative estimate of drug-likeness (QED) is 0.393. The molecular weight excluding hydrogens is 424 g/mol. The van der Waals surface area contributed by atoms with Gasteiger partial charge >= 0.3 is 0 Å². The van der Waals surface area contributed by atoms with Gasteiger partial charge in [0, 0.05) is 48.6 Å². The van der Waals surface area contributed by atoms with E-state index in [1.165, 1.54) is 27.6 Å². The summed E-state index contributed by atoms with van der Waals surface area (Å²) in [4.78, 5) is 11.4. The molecular formula is C26H26N8. The molecule has 8 heteroatoms. The monoisotopic (exact) mass is 450 g/mol. The minimum Gasteiger partial charge on any atom is -0.344 e. The molecule has 2 aromatic carbocycles. The van der Waals surface area contributed by atoms with Crippen molar-refractivity contribution in [3.8, 4) is 16.8 Å². The van der Waals surface area contributed by atoms with Gasteiger partial charge in [-0.2, -0.15) is 0 Å². The van der Waals surface area contributed by atoms with Crippen molar-refractivity contribution in [2.75, 3.05) is 18.0 Å². The highest BCUT2D eigenvalue weighted by molar-refractivity contribution is 5.86. The normalized spacial score (nSPS) is 14.7. The van der Waals surface area contributed by atoms with Crippen molar-refractivity contribution in [2.24, 2.45) is 0 Å². The number of aromatic nitrogens is 7. The van der Waals surface area contributed by atoms with Crippen LogP contribution in [-0.2, 0) is 6.42 Å². The number of piperidine rings is 1. The number of hydrogen-bond donors (Lipinski definition) is 0. The third-order valence-electron chi connectivity index (χ3n) is 6.78. The molecule has 170 valence electrons. The molecule has 0 unspecified atom stereocenters. The first-order valence-corrected chi connectivity index (χ1v) is 11.8.